The molecular formula is C10H17N5. The Bertz CT molecular complexity index is 302. The van der Waals surface area contributed by atoms with Gasteiger partial charge in [0.05, 0.1) is 6.33 Å². The van der Waals surface area contributed by atoms with Crippen LogP contribution in [0.3, 0.4) is 0 Å². The van der Waals surface area contributed by atoms with Crippen LogP contribution in [-0.4, -0.2) is 28.6 Å². The summed E-state index contributed by atoms with van der Waals surface area (Å²) in [7, 11) is 0. The molecule has 0 saturated carbocycles. The summed E-state index contributed by atoms with van der Waals surface area (Å²) in [5.41, 5.74) is 5.59. The Morgan fingerprint density at radius 1 is 1.67 bits per heavy atom. The number of guanidine groups is 1. The molecule has 1 heterocycles. The number of nitrogens with zero attached hydrogens (tertiary/aromatic N) is 3. The molecule has 0 amide bonds. The smallest absolute Gasteiger partial charge is 0.188 e. The van der Waals surface area contributed by atoms with Gasteiger partial charge in [-0.3, -0.25) is 4.99 Å². The van der Waals surface area contributed by atoms with Gasteiger partial charge < -0.3 is 15.6 Å². The van der Waals surface area contributed by atoms with Gasteiger partial charge in [-0.15, -0.1) is 6.58 Å². The molecule has 0 aliphatic heterocycles. The van der Waals surface area contributed by atoms with E-state index in [1.54, 1.807) is 18.6 Å². The van der Waals surface area contributed by atoms with E-state index in [0.29, 0.717) is 19.0 Å². The number of nitrogens with one attached hydrogen (secondary N) is 1. The van der Waals surface area contributed by atoms with Gasteiger partial charge in [-0.05, 0) is 6.42 Å². The molecule has 0 radical (unpaired) electrons. The lowest BCUT2D eigenvalue weighted by atomic mass is 10.4. The highest BCUT2D eigenvalue weighted by molar-refractivity contribution is 5.77. The Balaban J connectivity index is 2.12. The van der Waals surface area contributed by atoms with Crippen molar-refractivity contribution in [2.45, 2.75) is 13.0 Å². The Kier molecular flexibility index (Phi) is 5.00. The predicted octanol–water partition coefficient (Wildman–Crippen LogP) is 0.363. The molecule has 1 aromatic rings. The predicted molar refractivity (Wildman–Crippen MR) is 61.5 cm³/mol. The molecule has 0 aromatic carbocycles. The standard InChI is InChI=1S/C10H17N5/c1-2-4-13-10(11)14-5-3-7-15-8-6-12-9-15/h2,6,8-9H,1,3-5,7H2,(H3,11,13,14). The number of imidazole rings is 1. The zero-order chi connectivity index (χ0) is 10.9. The highest BCUT2D eigenvalue weighted by atomic mass is 15.1. The molecule has 15 heavy (non-hydrogen) atoms. The van der Waals surface area contributed by atoms with Gasteiger partial charge in [0.1, 0.15) is 0 Å². The summed E-state index contributed by atoms with van der Waals surface area (Å²) in [4.78, 5) is 8.12. The molecule has 0 unspecified atom stereocenters. The molecule has 0 spiro atoms. The van der Waals surface area contributed by atoms with E-state index >= 15 is 0 Å². The minimum atomic E-state index is 0.473. The molecule has 5 nitrogen and oxygen atoms in total. The number of aliphatic imine (C=N–C) groups is 1. The van der Waals surface area contributed by atoms with Crippen molar-refractivity contribution in [3.05, 3.63) is 31.4 Å². The van der Waals surface area contributed by atoms with Crippen molar-refractivity contribution in [1.82, 2.24) is 14.9 Å². The number of rotatable bonds is 6. The van der Waals surface area contributed by atoms with Crippen LogP contribution in [0.1, 0.15) is 6.42 Å². The van der Waals surface area contributed by atoms with Crippen molar-refractivity contribution < 1.29 is 0 Å². The van der Waals surface area contributed by atoms with Crippen LogP contribution in [0, 0.1) is 0 Å². The van der Waals surface area contributed by atoms with Crippen molar-refractivity contribution in [1.29, 1.82) is 0 Å². The lowest BCUT2D eigenvalue weighted by molar-refractivity contribution is 0.649. The summed E-state index contributed by atoms with van der Waals surface area (Å²) < 4.78 is 2.02. The summed E-state index contributed by atoms with van der Waals surface area (Å²) in [6, 6.07) is 0. The van der Waals surface area contributed by atoms with Crippen molar-refractivity contribution >= 4 is 5.96 Å². The van der Waals surface area contributed by atoms with Crippen molar-refractivity contribution in [3.63, 3.8) is 0 Å². The lowest BCUT2D eigenvalue weighted by Gasteiger charge is -2.02. The quantitative estimate of drug-likeness (QED) is 0.306. The molecule has 82 valence electrons. The first-order chi connectivity index (χ1) is 7.33. The van der Waals surface area contributed by atoms with Crippen LogP contribution in [0.15, 0.2) is 36.4 Å². The topological polar surface area (TPSA) is 68.2 Å². The molecule has 3 N–H and O–H groups in total. The average molecular weight is 207 g/mol. The van der Waals surface area contributed by atoms with Gasteiger partial charge in [-0.2, -0.15) is 0 Å². The Hall–Kier alpha value is -1.78. The normalized spacial score (nSPS) is 11.3. The fourth-order valence-corrected chi connectivity index (χ4v) is 1.10. The molecule has 0 aliphatic carbocycles. The largest absolute Gasteiger partial charge is 0.370 e. The Morgan fingerprint density at radius 3 is 3.20 bits per heavy atom. The monoisotopic (exact) mass is 207 g/mol. The first-order valence-electron chi connectivity index (χ1n) is 4.93. The number of aromatic nitrogens is 2. The van der Waals surface area contributed by atoms with E-state index in [0.717, 1.165) is 13.0 Å². The van der Waals surface area contributed by atoms with Crippen LogP contribution in [0.4, 0.5) is 0 Å². The molecule has 0 fully saturated rings. The highest BCUT2D eigenvalue weighted by Crippen LogP contribution is 1.90. The van der Waals surface area contributed by atoms with Crippen LogP contribution in [0.25, 0.3) is 0 Å². The van der Waals surface area contributed by atoms with Gasteiger partial charge in [0, 0.05) is 32.0 Å². The molecule has 0 saturated heterocycles. The van der Waals surface area contributed by atoms with Crippen LogP contribution in [0.2, 0.25) is 0 Å². The third kappa shape index (κ3) is 4.85. The maximum absolute atomic E-state index is 5.59. The third-order valence-electron chi connectivity index (χ3n) is 1.84. The first kappa shape index (κ1) is 11.3. The maximum Gasteiger partial charge on any atom is 0.188 e. The molecule has 1 rings (SSSR count). The summed E-state index contributed by atoms with van der Waals surface area (Å²) in [5, 5.41) is 2.92. The summed E-state index contributed by atoms with van der Waals surface area (Å²) in [6.45, 7) is 5.86. The second-order valence-electron chi connectivity index (χ2n) is 3.09. The molecule has 0 bridgehead atoms. The minimum Gasteiger partial charge on any atom is -0.370 e. The summed E-state index contributed by atoms with van der Waals surface area (Å²) >= 11 is 0. The van der Waals surface area contributed by atoms with Crippen molar-refractivity contribution in [3.8, 4) is 0 Å². The molecule has 0 atom stereocenters. The highest BCUT2D eigenvalue weighted by Gasteiger charge is 1.90. The number of nitrogens with two attached hydrogens (primary N) is 1. The van der Waals surface area contributed by atoms with Gasteiger partial charge in [0.15, 0.2) is 5.96 Å². The fraction of sp³-hybridized carbons (Fsp3) is 0.400. The number of hydrogen-bond acceptors (Lipinski definition) is 2. The average Bonchev–Trinajstić information content (AvgIpc) is 2.74. The molecule has 1 aromatic heterocycles. The SMILES string of the molecule is C=CCNC(N)=NCCCn1ccnc1. The Morgan fingerprint density at radius 2 is 2.53 bits per heavy atom. The second-order valence-corrected chi connectivity index (χ2v) is 3.09. The van der Waals surface area contributed by atoms with E-state index in [-0.39, 0.29) is 0 Å². The third-order valence-corrected chi connectivity index (χ3v) is 1.84. The summed E-state index contributed by atoms with van der Waals surface area (Å²) in [5.74, 6) is 0.473. The molecule has 5 heteroatoms. The zero-order valence-electron chi connectivity index (χ0n) is 8.76. The number of hydrogen-bond donors (Lipinski definition) is 2. The molecular weight excluding hydrogens is 190 g/mol. The van der Waals surface area contributed by atoms with E-state index in [9.17, 15) is 0 Å². The fourth-order valence-electron chi connectivity index (χ4n) is 1.10. The second kappa shape index (κ2) is 6.64. The van der Waals surface area contributed by atoms with Crippen LogP contribution < -0.4 is 11.1 Å². The van der Waals surface area contributed by atoms with E-state index in [2.05, 4.69) is 21.9 Å². The van der Waals surface area contributed by atoms with E-state index in [1.807, 2.05) is 10.8 Å². The van der Waals surface area contributed by atoms with Crippen LogP contribution in [-0.2, 0) is 6.54 Å². The maximum atomic E-state index is 5.59. The number of aryl methyl sites for hydroxylation is 1. The minimum absolute atomic E-state index is 0.473. The zero-order valence-corrected chi connectivity index (χ0v) is 8.76. The van der Waals surface area contributed by atoms with Gasteiger partial charge in [0.25, 0.3) is 0 Å². The van der Waals surface area contributed by atoms with Crippen LogP contribution >= 0.6 is 0 Å². The van der Waals surface area contributed by atoms with E-state index < -0.39 is 0 Å². The van der Waals surface area contributed by atoms with Gasteiger partial charge >= 0.3 is 0 Å². The van der Waals surface area contributed by atoms with Crippen molar-refractivity contribution in [2.24, 2.45) is 10.7 Å². The lowest BCUT2D eigenvalue weighted by Crippen LogP contribution is -2.31. The van der Waals surface area contributed by atoms with Gasteiger partial charge in [0.2, 0.25) is 0 Å². The summed E-state index contributed by atoms with van der Waals surface area (Å²) in [6.07, 6.45) is 8.19. The van der Waals surface area contributed by atoms with Crippen LogP contribution in [0.5, 0.6) is 0 Å². The van der Waals surface area contributed by atoms with E-state index in [1.165, 1.54) is 0 Å². The van der Waals surface area contributed by atoms with Crippen molar-refractivity contribution in [2.75, 3.05) is 13.1 Å². The Labute approximate surface area is 89.7 Å². The van der Waals surface area contributed by atoms with E-state index in [4.69, 9.17) is 5.73 Å². The van der Waals surface area contributed by atoms with Gasteiger partial charge in [-0.25, -0.2) is 4.98 Å². The first-order valence-corrected chi connectivity index (χ1v) is 4.93. The molecule has 0 aliphatic rings. The van der Waals surface area contributed by atoms with Gasteiger partial charge in [-0.1, -0.05) is 6.08 Å².